The van der Waals surface area contributed by atoms with E-state index in [1.54, 1.807) is 6.42 Å². The molecule has 4 saturated carbocycles. The Labute approximate surface area is 199 Å². The molecule has 1 heterocycles. The quantitative estimate of drug-likeness (QED) is 0.364. The molecule has 4 aliphatic rings. The molecule has 5 rings (SSSR count). The number of carbonyl (C=O) groups is 1. The molecule has 4 fully saturated rings. The Kier molecular flexibility index (Phi) is 10.1. The van der Waals surface area contributed by atoms with Crippen LogP contribution in [0.3, 0.4) is 0 Å². The fourth-order valence-electron chi connectivity index (χ4n) is 6.05. The molecule has 0 saturated heterocycles. The first kappa shape index (κ1) is 25.6. The number of carbonyl (C=O) groups excluding carboxylic acids is 1. The van der Waals surface area contributed by atoms with Crippen LogP contribution in [0, 0.1) is 23.7 Å². The SMILES string of the molecule is CC(C)=CCC/C(C)=C/CNCCNC1C2CC3CC(C2)CC1C3.NC(=O)c1cnccn1. The molecule has 182 valence electrons. The van der Waals surface area contributed by atoms with Crippen molar-refractivity contribution >= 4 is 5.91 Å². The molecule has 6 nitrogen and oxygen atoms in total. The number of allylic oxidation sites excluding steroid dienone is 3. The lowest BCUT2D eigenvalue weighted by molar-refractivity contribution is -0.0133. The minimum atomic E-state index is -0.553. The third-order valence-electron chi connectivity index (χ3n) is 7.41. The Morgan fingerprint density at radius 2 is 1.73 bits per heavy atom. The molecule has 0 radical (unpaired) electrons. The summed E-state index contributed by atoms with van der Waals surface area (Å²) >= 11 is 0. The van der Waals surface area contributed by atoms with Crippen LogP contribution in [0.1, 0.15) is 76.2 Å². The molecule has 0 aromatic carbocycles. The number of aromatic nitrogens is 2. The Balaban J connectivity index is 0.000000286. The molecule has 0 unspecified atom stereocenters. The van der Waals surface area contributed by atoms with Crippen LogP contribution in [-0.2, 0) is 0 Å². The van der Waals surface area contributed by atoms with Crippen molar-refractivity contribution in [1.29, 1.82) is 0 Å². The van der Waals surface area contributed by atoms with Crippen LogP contribution in [0.15, 0.2) is 41.9 Å². The number of nitrogens with zero attached hydrogens (tertiary/aromatic N) is 2. The molecule has 4 bridgehead atoms. The lowest BCUT2D eigenvalue weighted by Crippen LogP contribution is -2.55. The highest BCUT2D eigenvalue weighted by molar-refractivity contribution is 5.90. The molecule has 33 heavy (non-hydrogen) atoms. The summed E-state index contributed by atoms with van der Waals surface area (Å²) in [7, 11) is 0. The first-order valence-corrected chi connectivity index (χ1v) is 12.7. The van der Waals surface area contributed by atoms with Crippen molar-refractivity contribution in [2.24, 2.45) is 29.4 Å². The summed E-state index contributed by atoms with van der Waals surface area (Å²) in [6.45, 7) is 9.86. The van der Waals surface area contributed by atoms with Gasteiger partial charge in [-0.25, -0.2) is 4.98 Å². The minimum absolute atomic E-state index is 0.192. The highest BCUT2D eigenvalue weighted by Gasteiger charge is 2.47. The molecule has 1 aromatic heterocycles. The van der Waals surface area contributed by atoms with E-state index in [1.807, 2.05) is 0 Å². The van der Waals surface area contributed by atoms with Crippen molar-refractivity contribution in [3.8, 4) is 0 Å². The largest absolute Gasteiger partial charge is 0.364 e. The molecule has 0 aliphatic heterocycles. The highest BCUT2D eigenvalue weighted by Crippen LogP contribution is 2.53. The summed E-state index contributed by atoms with van der Waals surface area (Å²) in [5, 5.41) is 7.49. The van der Waals surface area contributed by atoms with Crippen molar-refractivity contribution in [3.05, 3.63) is 47.6 Å². The van der Waals surface area contributed by atoms with Crippen LogP contribution < -0.4 is 16.4 Å². The minimum Gasteiger partial charge on any atom is -0.364 e. The standard InChI is InChI=1S/C22H38N2.C5H5N3O/c1-16(2)5-4-6-17(3)7-8-23-9-10-24-22-20-12-18-11-19(14-20)15-21(22)13-18;6-5(9)4-3-7-1-2-8-4/h5,7,18-24H,4,6,8-15H2,1-3H3;1-3H,(H2,6,9)/b17-7+;. The van der Waals surface area contributed by atoms with E-state index < -0.39 is 5.91 Å². The fraction of sp³-hybridized carbons (Fsp3) is 0.667. The van der Waals surface area contributed by atoms with Gasteiger partial charge in [-0.15, -0.1) is 0 Å². The predicted molar refractivity (Wildman–Crippen MR) is 135 cm³/mol. The maximum absolute atomic E-state index is 10.3. The normalized spacial score (nSPS) is 27.6. The van der Waals surface area contributed by atoms with E-state index in [0.29, 0.717) is 0 Å². The van der Waals surface area contributed by atoms with Crippen LogP contribution in [0.2, 0.25) is 0 Å². The van der Waals surface area contributed by atoms with Crippen molar-refractivity contribution < 1.29 is 4.79 Å². The van der Waals surface area contributed by atoms with E-state index in [0.717, 1.165) is 49.3 Å². The number of nitrogens with two attached hydrogens (primary N) is 1. The monoisotopic (exact) mass is 453 g/mol. The third-order valence-corrected chi connectivity index (χ3v) is 7.41. The van der Waals surface area contributed by atoms with Gasteiger partial charge in [0.05, 0.1) is 6.20 Å². The Morgan fingerprint density at radius 1 is 1.03 bits per heavy atom. The maximum Gasteiger partial charge on any atom is 0.268 e. The zero-order chi connectivity index (χ0) is 23.6. The van der Waals surface area contributed by atoms with E-state index in [4.69, 9.17) is 5.73 Å². The molecule has 0 atom stereocenters. The number of hydrogen-bond acceptors (Lipinski definition) is 5. The van der Waals surface area contributed by atoms with Crippen LogP contribution in [0.4, 0.5) is 0 Å². The fourth-order valence-corrected chi connectivity index (χ4v) is 6.05. The van der Waals surface area contributed by atoms with E-state index >= 15 is 0 Å². The topological polar surface area (TPSA) is 92.9 Å². The van der Waals surface area contributed by atoms with Gasteiger partial charge in [-0.05, 0) is 89.4 Å². The van der Waals surface area contributed by atoms with Gasteiger partial charge in [0.1, 0.15) is 5.69 Å². The van der Waals surface area contributed by atoms with Crippen LogP contribution in [0.5, 0.6) is 0 Å². The summed E-state index contributed by atoms with van der Waals surface area (Å²) in [6, 6.07) is 0.834. The summed E-state index contributed by atoms with van der Waals surface area (Å²) in [5.41, 5.74) is 8.00. The number of primary amides is 1. The lowest BCUT2D eigenvalue weighted by atomic mass is 9.54. The van der Waals surface area contributed by atoms with Gasteiger partial charge in [0.25, 0.3) is 5.91 Å². The molecule has 4 aliphatic carbocycles. The Hall–Kier alpha value is -2.05. The molecule has 0 spiro atoms. The number of rotatable bonds is 10. The summed E-state index contributed by atoms with van der Waals surface area (Å²) < 4.78 is 0. The van der Waals surface area contributed by atoms with Gasteiger partial charge >= 0.3 is 0 Å². The zero-order valence-electron chi connectivity index (χ0n) is 20.7. The molecule has 4 N–H and O–H groups in total. The summed E-state index contributed by atoms with van der Waals surface area (Å²) in [6.07, 6.45) is 18.9. The summed E-state index contributed by atoms with van der Waals surface area (Å²) in [4.78, 5) is 17.6. The number of amides is 1. The molecule has 1 amide bonds. The second-order valence-electron chi connectivity index (χ2n) is 10.4. The second-order valence-corrected chi connectivity index (χ2v) is 10.4. The summed E-state index contributed by atoms with van der Waals surface area (Å²) in [5.74, 6) is 3.62. The lowest BCUT2D eigenvalue weighted by Gasteiger charge is -2.54. The maximum atomic E-state index is 10.3. The Bertz CT molecular complexity index is 772. The first-order chi connectivity index (χ1) is 15.9. The highest BCUT2D eigenvalue weighted by atomic mass is 16.1. The number of nitrogens with one attached hydrogen (secondary N) is 2. The molecule has 6 heteroatoms. The van der Waals surface area contributed by atoms with E-state index in [1.165, 1.54) is 68.3 Å². The van der Waals surface area contributed by atoms with Gasteiger partial charge in [-0.1, -0.05) is 23.3 Å². The van der Waals surface area contributed by atoms with Gasteiger partial charge in [0.15, 0.2) is 0 Å². The van der Waals surface area contributed by atoms with E-state index in [2.05, 4.69) is 53.5 Å². The van der Waals surface area contributed by atoms with Gasteiger partial charge in [-0.3, -0.25) is 9.78 Å². The van der Waals surface area contributed by atoms with Crippen molar-refractivity contribution in [2.75, 3.05) is 19.6 Å². The molecule has 1 aromatic rings. The first-order valence-electron chi connectivity index (χ1n) is 12.7. The van der Waals surface area contributed by atoms with Gasteiger partial charge in [0, 0.05) is 38.1 Å². The third kappa shape index (κ3) is 8.35. The van der Waals surface area contributed by atoms with Crippen LogP contribution >= 0.6 is 0 Å². The van der Waals surface area contributed by atoms with Crippen LogP contribution in [0.25, 0.3) is 0 Å². The van der Waals surface area contributed by atoms with Gasteiger partial charge in [0.2, 0.25) is 0 Å². The predicted octanol–water partition coefficient (Wildman–Crippen LogP) is 4.26. The Morgan fingerprint density at radius 3 is 2.27 bits per heavy atom. The van der Waals surface area contributed by atoms with Crippen LogP contribution in [-0.4, -0.2) is 41.6 Å². The van der Waals surface area contributed by atoms with Crippen molar-refractivity contribution in [1.82, 2.24) is 20.6 Å². The smallest absolute Gasteiger partial charge is 0.268 e. The van der Waals surface area contributed by atoms with Gasteiger partial charge < -0.3 is 16.4 Å². The number of hydrogen-bond donors (Lipinski definition) is 3. The van der Waals surface area contributed by atoms with E-state index in [-0.39, 0.29) is 5.69 Å². The second kappa shape index (κ2) is 13.0. The molecular weight excluding hydrogens is 410 g/mol. The van der Waals surface area contributed by atoms with Gasteiger partial charge in [-0.2, -0.15) is 0 Å². The van der Waals surface area contributed by atoms with Crippen molar-refractivity contribution in [3.63, 3.8) is 0 Å². The van der Waals surface area contributed by atoms with Crippen molar-refractivity contribution in [2.45, 2.75) is 71.8 Å². The van der Waals surface area contributed by atoms with E-state index in [9.17, 15) is 4.79 Å². The zero-order valence-corrected chi connectivity index (χ0v) is 20.7. The molecular formula is C27H43N5O. The average Bonchev–Trinajstić information content (AvgIpc) is 2.78. The average molecular weight is 454 g/mol.